The molecule has 4 heterocycles. The van der Waals surface area contributed by atoms with Gasteiger partial charge in [0.05, 0.1) is 17.4 Å². The molecule has 5 rings (SSSR count). The number of hydrogen-bond donors (Lipinski definition) is 1. The van der Waals surface area contributed by atoms with Gasteiger partial charge in [0.25, 0.3) is 0 Å². The van der Waals surface area contributed by atoms with Gasteiger partial charge < -0.3 is 14.8 Å². The van der Waals surface area contributed by atoms with Gasteiger partial charge in [0.1, 0.15) is 5.82 Å². The zero-order valence-electron chi connectivity index (χ0n) is 15.2. The molecule has 6 heteroatoms. The zero-order chi connectivity index (χ0) is 17.8. The average molecular weight is 351 g/mol. The Morgan fingerprint density at radius 2 is 1.96 bits per heavy atom. The maximum absolute atomic E-state index is 12.7. The molecule has 2 aliphatic heterocycles. The normalized spacial score (nSPS) is 22.9. The van der Waals surface area contributed by atoms with Crippen LogP contribution in [0.2, 0.25) is 0 Å². The number of aromatic nitrogens is 3. The molecule has 3 aliphatic rings. The fourth-order valence-electron chi connectivity index (χ4n) is 4.49. The third-order valence-corrected chi connectivity index (χ3v) is 6.46. The van der Waals surface area contributed by atoms with Gasteiger partial charge in [-0.3, -0.25) is 9.78 Å². The minimum Gasteiger partial charge on any atom is -0.342 e. The molecule has 1 saturated carbocycles. The van der Waals surface area contributed by atoms with E-state index in [2.05, 4.69) is 32.8 Å². The number of hydrogen-bond acceptors (Lipinski definition) is 4. The Hall–Kier alpha value is -2.21. The van der Waals surface area contributed by atoms with Gasteiger partial charge in [-0.15, -0.1) is 0 Å². The molecular formula is C20H25N5O. The van der Waals surface area contributed by atoms with E-state index in [0.29, 0.717) is 5.91 Å². The van der Waals surface area contributed by atoms with Gasteiger partial charge in [-0.05, 0) is 37.8 Å². The molecular weight excluding hydrogens is 326 g/mol. The van der Waals surface area contributed by atoms with Crippen LogP contribution in [0.3, 0.4) is 0 Å². The number of pyridine rings is 1. The first-order valence-electron chi connectivity index (χ1n) is 9.62. The molecule has 1 saturated heterocycles. The molecule has 1 amide bonds. The standard InChI is InChI=1S/C20H25N5O/c1-19(4-5-19)18(26)24-10-6-20(7-11-24)17-22-14-16(25(17)12-9-23-20)15-3-2-8-21-13-15/h2-3,8,13-14,23H,4-7,9-12H2,1H3. The first-order valence-corrected chi connectivity index (χ1v) is 9.62. The summed E-state index contributed by atoms with van der Waals surface area (Å²) in [6, 6.07) is 4.05. The highest BCUT2D eigenvalue weighted by Crippen LogP contribution is 2.47. The molecule has 1 aliphatic carbocycles. The number of carbonyl (C=O) groups excluding carboxylic acids is 1. The molecule has 0 atom stereocenters. The van der Waals surface area contributed by atoms with E-state index in [-0.39, 0.29) is 11.0 Å². The van der Waals surface area contributed by atoms with Crippen LogP contribution in [-0.4, -0.2) is 45.0 Å². The number of nitrogens with one attached hydrogen (secondary N) is 1. The van der Waals surface area contributed by atoms with E-state index in [1.807, 2.05) is 18.5 Å². The summed E-state index contributed by atoms with van der Waals surface area (Å²) in [4.78, 5) is 23.8. The van der Waals surface area contributed by atoms with Crippen LogP contribution in [0.15, 0.2) is 30.7 Å². The zero-order valence-corrected chi connectivity index (χ0v) is 15.2. The van der Waals surface area contributed by atoms with Crippen molar-refractivity contribution in [2.75, 3.05) is 19.6 Å². The summed E-state index contributed by atoms with van der Waals surface area (Å²) in [6.45, 7) is 5.59. The van der Waals surface area contributed by atoms with Crippen LogP contribution in [0.4, 0.5) is 0 Å². The van der Waals surface area contributed by atoms with Crippen LogP contribution in [0.1, 0.15) is 38.4 Å². The maximum atomic E-state index is 12.7. The predicted octanol–water partition coefficient (Wildman–Crippen LogP) is 2.17. The van der Waals surface area contributed by atoms with Crippen molar-refractivity contribution in [2.24, 2.45) is 5.41 Å². The van der Waals surface area contributed by atoms with E-state index in [4.69, 9.17) is 4.98 Å². The highest BCUT2D eigenvalue weighted by Gasteiger charge is 2.49. The molecule has 2 aromatic rings. The van der Waals surface area contributed by atoms with Crippen LogP contribution in [0, 0.1) is 5.41 Å². The van der Waals surface area contributed by atoms with Crippen LogP contribution in [0.5, 0.6) is 0 Å². The second kappa shape index (κ2) is 5.64. The van der Waals surface area contributed by atoms with Gasteiger partial charge in [-0.1, -0.05) is 6.92 Å². The van der Waals surface area contributed by atoms with Crippen molar-refractivity contribution < 1.29 is 4.79 Å². The van der Waals surface area contributed by atoms with Crippen molar-refractivity contribution in [3.05, 3.63) is 36.5 Å². The van der Waals surface area contributed by atoms with Crippen molar-refractivity contribution in [3.63, 3.8) is 0 Å². The molecule has 2 fully saturated rings. The second-order valence-electron chi connectivity index (χ2n) is 8.22. The molecule has 26 heavy (non-hydrogen) atoms. The van der Waals surface area contributed by atoms with Crippen molar-refractivity contribution in [3.8, 4) is 11.3 Å². The molecule has 0 unspecified atom stereocenters. The van der Waals surface area contributed by atoms with Crippen molar-refractivity contribution in [1.82, 2.24) is 24.8 Å². The fraction of sp³-hybridized carbons (Fsp3) is 0.550. The Morgan fingerprint density at radius 3 is 2.65 bits per heavy atom. The highest BCUT2D eigenvalue weighted by atomic mass is 16.2. The van der Waals surface area contributed by atoms with Gasteiger partial charge in [0, 0.05) is 49.6 Å². The van der Waals surface area contributed by atoms with Crippen LogP contribution >= 0.6 is 0 Å². The molecule has 0 aromatic carbocycles. The SMILES string of the molecule is CC1(C(=O)N2CCC3(CC2)NCCn2c(-c4cccnc4)cnc23)CC1. The van der Waals surface area contributed by atoms with Gasteiger partial charge in [0.2, 0.25) is 5.91 Å². The van der Waals surface area contributed by atoms with E-state index >= 15 is 0 Å². The summed E-state index contributed by atoms with van der Waals surface area (Å²) >= 11 is 0. The number of rotatable bonds is 2. The summed E-state index contributed by atoms with van der Waals surface area (Å²) in [6.07, 6.45) is 9.62. The average Bonchev–Trinajstić information content (AvgIpc) is 3.28. The Labute approximate surface area is 153 Å². The number of piperidine rings is 1. The third-order valence-electron chi connectivity index (χ3n) is 6.46. The Bertz CT molecular complexity index is 831. The molecule has 0 radical (unpaired) electrons. The lowest BCUT2D eigenvalue weighted by Gasteiger charge is -2.45. The van der Waals surface area contributed by atoms with Crippen LogP contribution < -0.4 is 5.32 Å². The van der Waals surface area contributed by atoms with E-state index < -0.39 is 0 Å². The minimum absolute atomic E-state index is 0.0730. The van der Waals surface area contributed by atoms with Crippen molar-refractivity contribution in [2.45, 2.75) is 44.7 Å². The lowest BCUT2D eigenvalue weighted by atomic mass is 9.84. The van der Waals surface area contributed by atoms with E-state index in [1.54, 1.807) is 6.20 Å². The number of amides is 1. The third kappa shape index (κ3) is 2.39. The maximum Gasteiger partial charge on any atom is 0.228 e. The molecule has 1 spiro atoms. The molecule has 136 valence electrons. The first-order chi connectivity index (χ1) is 12.6. The Balaban J connectivity index is 1.41. The number of likely N-dealkylation sites (tertiary alicyclic amines) is 1. The van der Waals surface area contributed by atoms with Gasteiger partial charge in [0.15, 0.2) is 0 Å². The summed E-state index contributed by atoms with van der Waals surface area (Å²) in [5.41, 5.74) is 2.06. The summed E-state index contributed by atoms with van der Waals surface area (Å²) in [5, 5.41) is 3.73. The smallest absolute Gasteiger partial charge is 0.228 e. The lowest BCUT2D eigenvalue weighted by molar-refractivity contribution is -0.138. The predicted molar refractivity (Wildman–Crippen MR) is 98.3 cm³/mol. The van der Waals surface area contributed by atoms with Crippen molar-refractivity contribution in [1.29, 1.82) is 0 Å². The highest BCUT2D eigenvalue weighted by molar-refractivity contribution is 5.85. The summed E-state index contributed by atoms with van der Waals surface area (Å²) < 4.78 is 2.34. The first kappa shape index (κ1) is 16.0. The lowest BCUT2D eigenvalue weighted by Crippen LogP contribution is -2.57. The monoisotopic (exact) mass is 351 g/mol. The number of nitrogens with zero attached hydrogens (tertiary/aromatic N) is 4. The Kier molecular flexibility index (Phi) is 3.47. The van der Waals surface area contributed by atoms with Crippen LogP contribution in [0.25, 0.3) is 11.3 Å². The summed E-state index contributed by atoms with van der Waals surface area (Å²) in [5.74, 6) is 1.47. The van der Waals surface area contributed by atoms with Crippen LogP contribution in [-0.2, 0) is 16.9 Å². The minimum atomic E-state index is -0.111. The molecule has 6 nitrogen and oxygen atoms in total. The second-order valence-corrected chi connectivity index (χ2v) is 8.22. The molecule has 2 aromatic heterocycles. The number of carbonyl (C=O) groups is 1. The van der Waals surface area contributed by atoms with E-state index in [0.717, 1.165) is 68.9 Å². The molecule has 0 bridgehead atoms. The van der Waals surface area contributed by atoms with E-state index in [9.17, 15) is 4.79 Å². The van der Waals surface area contributed by atoms with Gasteiger partial charge in [-0.2, -0.15) is 0 Å². The number of imidazole rings is 1. The van der Waals surface area contributed by atoms with E-state index in [1.165, 1.54) is 0 Å². The molecule has 1 N–H and O–H groups in total. The van der Waals surface area contributed by atoms with Gasteiger partial charge in [-0.25, -0.2) is 4.98 Å². The topological polar surface area (TPSA) is 63.1 Å². The Morgan fingerprint density at radius 1 is 1.15 bits per heavy atom. The largest absolute Gasteiger partial charge is 0.342 e. The number of fused-ring (bicyclic) bond motifs is 2. The quantitative estimate of drug-likeness (QED) is 0.901. The van der Waals surface area contributed by atoms with Crippen molar-refractivity contribution >= 4 is 5.91 Å². The summed E-state index contributed by atoms with van der Waals surface area (Å²) in [7, 11) is 0. The fourth-order valence-corrected chi connectivity index (χ4v) is 4.49. The van der Waals surface area contributed by atoms with Gasteiger partial charge >= 0.3 is 0 Å².